The lowest BCUT2D eigenvalue weighted by molar-refractivity contribution is 0.0925. The Hall–Kier alpha value is -3.30. The Balaban J connectivity index is 1.80. The van der Waals surface area contributed by atoms with Gasteiger partial charge in [-0.1, -0.05) is 26.0 Å². The third-order valence-electron chi connectivity index (χ3n) is 6.55. The van der Waals surface area contributed by atoms with Gasteiger partial charge in [-0.3, -0.25) is 9.69 Å². The largest absolute Gasteiger partial charge is 0.497 e. The Morgan fingerprint density at radius 1 is 0.921 bits per heavy atom. The molecule has 38 heavy (non-hydrogen) atoms. The van der Waals surface area contributed by atoms with E-state index in [-0.39, 0.29) is 11.9 Å². The van der Waals surface area contributed by atoms with Crippen LogP contribution in [0.25, 0.3) is 0 Å². The first kappa shape index (κ1) is 29.3. The van der Waals surface area contributed by atoms with E-state index in [0.29, 0.717) is 36.2 Å². The molecular weight excluding hydrogens is 502 g/mol. The number of aromatic nitrogens is 1. The van der Waals surface area contributed by atoms with E-state index in [2.05, 4.69) is 35.1 Å². The van der Waals surface area contributed by atoms with Crippen molar-refractivity contribution in [1.29, 1.82) is 0 Å². The number of thiazole rings is 1. The average Bonchev–Trinajstić information content (AvgIpc) is 3.40. The van der Waals surface area contributed by atoms with Crippen molar-refractivity contribution in [3.8, 4) is 23.0 Å². The summed E-state index contributed by atoms with van der Waals surface area (Å²) in [4.78, 5) is 19.6. The molecule has 0 bridgehead atoms. The van der Waals surface area contributed by atoms with Crippen LogP contribution in [0.1, 0.15) is 47.4 Å². The van der Waals surface area contributed by atoms with Crippen LogP contribution in [0, 0.1) is 5.92 Å². The molecule has 1 N–H and O–H groups in total. The molecule has 0 fully saturated rings. The van der Waals surface area contributed by atoms with Crippen molar-refractivity contribution >= 4 is 17.2 Å². The third-order valence-corrected chi connectivity index (χ3v) is 7.39. The molecule has 0 aliphatic heterocycles. The van der Waals surface area contributed by atoms with Crippen molar-refractivity contribution in [2.75, 3.05) is 35.0 Å². The maximum atomic E-state index is 12.7. The number of rotatable bonds is 14. The first-order valence-electron chi connectivity index (χ1n) is 12.7. The standard InChI is InChI=1S/C29H39N3O5S/c1-19(2)20(3)30-29(33)24-18-38-28(31-24)17-32(16-22-9-10-23(34-4)15-26(22)36-6)13-12-21-8-11-25(35-5)27(14-21)37-7/h8-11,14-15,18-20H,12-13,16-17H2,1-7H3,(H,30,33). The summed E-state index contributed by atoms with van der Waals surface area (Å²) in [5, 5.41) is 5.75. The number of benzene rings is 2. The van der Waals surface area contributed by atoms with Crippen LogP contribution in [0.4, 0.5) is 0 Å². The van der Waals surface area contributed by atoms with Gasteiger partial charge in [-0.25, -0.2) is 4.98 Å². The second-order valence-corrected chi connectivity index (χ2v) is 10.4. The number of nitrogens with zero attached hydrogens (tertiary/aromatic N) is 2. The van der Waals surface area contributed by atoms with E-state index < -0.39 is 0 Å². The molecule has 9 heteroatoms. The van der Waals surface area contributed by atoms with Crippen LogP contribution in [0.15, 0.2) is 41.8 Å². The average molecular weight is 542 g/mol. The smallest absolute Gasteiger partial charge is 0.270 e. The predicted molar refractivity (Wildman–Crippen MR) is 151 cm³/mol. The van der Waals surface area contributed by atoms with Crippen LogP contribution in [0.3, 0.4) is 0 Å². The molecule has 8 nitrogen and oxygen atoms in total. The van der Waals surface area contributed by atoms with Gasteiger partial charge in [0.1, 0.15) is 22.2 Å². The minimum atomic E-state index is -0.137. The normalized spacial score (nSPS) is 11.9. The molecule has 1 heterocycles. The van der Waals surface area contributed by atoms with Crippen molar-refractivity contribution in [1.82, 2.24) is 15.2 Å². The van der Waals surface area contributed by atoms with Crippen LogP contribution in [-0.2, 0) is 19.5 Å². The Kier molecular flexibility index (Phi) is 10.8. The third kappa shape index (κ3) is 7.85. The summed E-state index contributed by atoms with van der Waals surface area (Å²) in [7, 11) is 6.58. The van der Waals surface area contributed by atoms with Crippen LogP contribution in [-0.4, -0.2) is 56.8 Å². The van der Waals surface area contributed by atoms with Crippen molar-refractivity contribution in [3.63, 3.8) is 0 Å². The molecule has 1 atom stereocenters. The zero-order valence-corrected chi connectivity index (χ0v) is 24.2. The summed E-state index contributed by atoms with van der Waals surface area (Å²) in [5.74, 6) is 3.14. The number of carbonyl (C=O) groups excluding carboxylic acids is 1. The molecule has 0 radical (unpaired) electrons. The Bertz CT molecular complexity index is 1200. The van der Waals surface area contributed by atoms with Crippen LogP contribution in [0.2, 0.25) is 0 Å². The number of methoxy groups -OCH3 is 4. The number of amides is 1. The van der Waals surface area contributed by atoms with Crippen LogP contribution in [0.5, 0.6) is 23.0 Å². The van der Waals surface area contributed by atoms with E-state index in [0.717, 1.165) is 40.6 Å². The molecule has 0 aliphatic rings. The van der Waals surface area contributed by atoms with E-state index in [9.17, 15) is 4.79 Å². The van der Waals surface area contributed by atoms with Crippen LogP contribution < -0.4 is 24.3 Å². The van der Waals surface area contributed by atoms with E-state index in [4.69, 9.17) is 18.9 Å². The molecule has 0 aliphatic carbocycles. The summed E-state index contributed by atoms with van der Waals surface area (Å²) < 4.78 is 21.9. The fourth-order valence-corrected chi connectivity index (χ4v) is 4.70. The minimum absolute atomic E-state index is 0.0770. The maximum Gasteiger partial charge on any atom is 0.270 e. The first-order valence-corrected chi connectivity index (χ1v) is 13.5. The van der Waals surface area contributed by atoms with Crippen LogP contribution >= 0.6 is 11.3 Å². The molecule has 1 aromatic heterocycles. The number of hydrogen-bond acceptors (Lipinski definition) is 8. The highest BCUT2D eigenvalue weighted by Gasteiger charge is 2.18. The Morgan fingerprint density at radius 3 is 2.32 bits per heavy atom. The molecule has 0 saturated heterocycles. The summed E-state index contributed by atoms with van der Waals surface area (Å²) in [5.41, 5.74) is 2.64. The highest BCUT2D eigenvalue weighted by molar-refractivity contribution is 7.09. The Labute approximate surface area is 229 Å². The van der Waals surface area contributed by atoms with Gasteiger partial charge in [-0.05, 0) is 43.0 Å². The molecule has 0 saturated carbocycles. The maximum absolute atomic E-state index is 12.7. The monoisotopic (exact) mass is 541 g/mol. The number of carbonyl (C=O) groups is 1. The van der Waals surface area contributed by atoms with E-state index in [1.54, 1.807) is 28.4 Å². The van der Waals surface area contributed by atoms with Gasteiger partial charge in [0.15, 0.2) is 11.5 Å². The predicted octanol–water partition coefficient (Wildman–Crippen LogP) is 5.20. The van der Waals surface area contributed by atoms with Crippen molar-refractivity contribution in [2.45, 2.75) is 46.3 Å². The van der Waals surface area contributed by atoms with Gasteiger partial charge >= 0.3 is 0 Å². The lowest BCUT2D eigenvalue weighted by Gasteiger charge is -2.23. The quantitative estimate of drug-likeness (QED) is 0.301. The summed E-state index contributed by atoms with van der Waals surface area (Å²) >= 11 is 1.50. The summed E-state index contributed by atoms with van der Waals surface area (Å²) in [6.45, 7) is 8.18. The van der Waals surface area contributed by atoms with Crippen molar-refractivity contribution < 1.29 is 23.7 Å². The first-order chi connectivity index (χ1) is 18.3. The van der Waals surface area contributed by atoms with E-state index in [1.165, 1.54) is 11.3 Å². The molecule has 0 spiro atoms. The molecule has 3 rings (SSSR count). The molecule has 1 unspecified atom stereocenters. The summed E-state index contributed by atoms with van der Waals surface area (Å²) in [6, 6.07) is 11.9. The van der Waals surface area contributed by atoms with Gasteiger partial charge in [0, 0.05) is 36.1 Å². The lowest BCUT2D eigenvalue weighted by atomic mass is 10.1. The van der Waals surface area contributed by atoms with Gasteiger partial charge in [-0.15, -0.1) is 11.3 Å². The Morgan fingerprint density at radius 2 is 1.66 bits per heavy atom. The van der Waals surface area contributed by atoms with Crippen molar-refractivity contribution in [2.24, 2.45) is 5.92 Å². The minimum Gasteiger partial charge on any atom is -0.497 e. The van der Waals surface area contributed by atoms with E-state index >= 15 is 0 Å². The van der Waals surface area contributed by atoms with Gasteiger partial charge in [-0.2, -0.15) is 0 Å². The zero-order valence-electron chi connectivity index (χ0n) is 23.4. The molecule has 206 valence electrons. The highest BCUT2D eigenvalue weighted by atomic mass is 32.1. The number of hydrogen-bond donors (Lipinski definition) is 1. The summed E-state index contributed by atoms with van der Waals surface area (Å²) in [6.07, 6.45) is 0.795. The molecular formula is C29H39N3O5S. The zero-order chi connectivity index (χ0) is 27.7. The molecule has 2 aromatic carbocycles. The number of nitrogens with one attached hydrogen (secondary N) is 1. The van der Waals surface area contributed by atoms with Gasteiger partial charge < -0.3 is 24.3 Å². The lowest BCUT2D eigenvalue weighted by Crippen LogP contribution is -2.36. The van der Waals surface area contributed by atoms with Gasteiger partial charge in [0.25, 0.3) is 5.91 Å². The SMILES string of the molecule is COc1ccc(CN(CCc2ccc(OC)c(OC)c2)Cc2nc(C(=O)NC(C)C(C)C)cs2)c(OC)c1. The fourth-order valence-electron chi connectivity index (χ4n) is 3.89. The second-order valence-electron chi connectivity index (χ2n) is 9.46. The number of ether oxygens (including phenoxy) is 4. The second kappa shape index (κ2) is 14.0. The van der Waals surface area contributed by atoms with Crippen molar-refractivity contribution in [3.05, 3.63) is 63.6 Å². The van der Waals surface area contributed by atoms with Gasteiger partial charge in [0.05, 0.1) is 35.0 Å². The molecule has 3 aromatic rings. The topological polar surface area (TPSA) is 82.2 Å². The fraction of sp³-hybridized carbons (Fsp3) is 0.448. The van der Waals surface area contributed by atoms with Gasteiger partial charge in [0.2, 0.25) is 0 Å². The van der Waals surface area contributed by atoms with E-state index in [1.807, 2.05) is 42.6 Å². The highest BCUT2D eigenvalue weighted by Crippen LogP contribution is 2.29. The molecule has 1 amide bonds.